The van der Waals surface area contributed by atoms with Crippen molar-refractivity contribution in [2.24, 2.45) is 5.73 Å². The molecule has 1 aliphatic rings. The molecule has 0 radical (unpaired) electrons. The summed E-state index contributed by atoms with van der Waals surface area (Å²) in [7, 11) is 0. The molecule has 2 rings (SSSR count). The van der Waals surface area contributed by atoms with Crippen molar-refractivity contribution in [1.29, 1.82) is 0 Å². The molecule has 0 unspecified atom stereocenters. The third-order valence-corrected chi connectivity index (χ3v) is 2.38. The topological polar surface area (TPSA) is 44.5 Å². The van der Waals surface area contributed by atoms with Gasteiger partial charge in [0.05, 0.1) is 32.0 Å². The predicted molar refractivity (Wildman–Crippen MR) is 53.8 cm³/mol. The summed E-state index contributed by atoms with van der Waals surface area (Å²) >= 11 is 0. The van der Waals surface area contributed by atoms with Crippen molar-refractivity contribution in [3.8, 4) is 0 Å². The molecule has 0 amide bonds. The first kappa shape index (κ1) is 9.65. The Morgan fingerprint density at radius 3 is 2.71 bits per heavy atom. The highest BCUT2D eigenvalue weighted by atomic mass is 16.5. The van der Waals surface area contributed by atoms with Crippen molar-refractivity contribution in [2.45, 2.75) is 18.8 Å². The van der Waals surface area contributed by atoms with Crippen LogP contribution in [0.4, 0.5) is 0 Å². The van der Waals surface area contributed by atoms with Gasteiger partial charge < -0.3 is 15.2 Å². The van der Waals surface area contributed by atoms with Gasteiger partial charge in [-0.15, -0.1) is 0 Å². The lowest BCUT2D eigenvalue weighted by Crippen LogP contribution is -2.34. The molecule has 1 heterocycles. The maximum atomic E-state index is 5.79. The van der Waals surface area contributed by atoms with Crippen molar-refractivity contribution < 1.29 is 9.47 Å². The molecule has 76 valence electrons. The van der Waals surface area contributed by atoms with Gasteiger partial charge in [0.2, 0.25) is 0 Å². The highest BCUT2D eigenvalue weighted by Gasteiger charge is 2.25. The van der Waals surface area contributed by atoms with E-state index in [9.17, 15) is 0 Å². The zero-order valence-electron chi connectivity index (χ0n) is 8.06. The van der Waals surface area contributed by atoms with Crippen molar-refractivity contribution in [3.05, 3.63) is 35.9 Å². The van der Waals surface area contributed by atoms with Gasteiger partial charge in [-0.1, -0.05) is 30.3 Å². The molecule has 0 aromatic heterocycles. The molecule has 3 heteroatoms. The van der Waals surface area contributed by atoms with Crippen LogP contribution in [0.15, 0.2) is 30.3 Å². The van der Waals surface area contributed by atoms with Crippen LogP contribution in [-0.4, -0.2) is 25.4 Å². The van der Waals surface area contributed by atoms with Crippen LogP contribution in [0.3, 0.4) is 0 Å². The smallest absolute Gasteiger partial charge is 0.0985 e. The maximum absolute atomic E-state index is 5.79. The average Bonchev–Trinajstić information content (AvgIpc) is 2.63. The molecule has 1 aromatic carbocycles. The molecule has 0 saturated carbocycles. The minimum Gasteiger partial charge on any atom is -0.377 e. The first-order valence-electron chi connectivity index (χ1n) is 4.85. The number of hydrogen-bond acceptors (Lipinski definition) is 3. The van der Waals surface area contributed by atoms with Gasteiger partial charge in [-0.25, -0.2) is 0 Å². The van der Waals surface area contributed by atoms with E-state index in [0.29, 0.717) is 19.8 Å². The van der Waals surface area contributed by atoms with Gasteiger partial charge in [-0.2, -0.15) is 0 Å². The van der Waals surface area contributed by atoms with E-state index >= 15 is 0 Å². The second-order valence-corrected chi connectivity index (χ2v) is 3.54. The van der Waals surface area contributed by atoms with Crippen molar-refractivity contribution >= 4 is 0 Å². The largest absolute Gasteiger partial charge is 0.377 e. The minimum absolute atomic E-state index is 0.0266. The molecule has 1 aliphatic heterocycles. The Kier molecular flexibility index (Phi) is 3.14. The highest BCUT2D eigenvalue weighted by molar-refractivity contribution is 5.13. The monoisotopic (exact) mass is 193 g/mol. The number of rotatable bonds is 3. The Labute approximate surface area is 83.8 Å². The molecule has 3 nitrogen and oxygen atoms in total. The summed E-state index contributed by atoms with van der Waals surface area (Å²) in [5, 5.41) is 0. The molecule has 0 aliphatic carbocycles. The summed E-state index contributed by atoms with van der Waals surface area (Å²) in [6, 6.07) is 10.1. The van der Waals surface area contributed by atoms with Gasteiger partial charge in [-0.05, 0) is 5.56 Å². The third-order valence-electron chi connectivity index (χ3n) is 2.38. The summed E-state index contributed by atoms with van der Waals surface area (Å²) in [6.07, 6.45) is 0.0511. The molecule has 14 heavy (non-hydrogen) atoms. The van der Waals surface area contributed by atoms with Crippen molar-refractivity contribution in [2.75, 3.05) is 13.2 Å². The van der Waals surface area contributed by atoms with Crippen molar-refractivity contribution in [1.82, 2.24) is 0 Å². The van der Waals surface area contributed by atoms with Crippen LogP contribution in [0.25, 0.3) is 0 Å². The van der Waals surface area contributed by atoms with E-state index < -0.39 is 0 Å². The van der Waals surface area contributed by atoms with E-state index in [1.807, 2.05) is 30.3 Å². The number of ether oxygens (including phenoxy) is 2. The van der Waals surface area contributed by atoms with Crippen LogP contribution in [-0.2, 0) is 16.1 Å². The number of benzene rings is 1. The highest BCUT2D eigenvalue weighted by Crippen LogP contribution is 2.10. The van der Waals surface area contributed by atoms with E-state index in [1.54, 1.807) is 0 Å². The van der Waals surface area contributed by atoms with Crippen molar-refractivity contribution in [3.63, 3.8) is 0 Å². The zero-order valence-corrected chi connectivity index (χ0v) is 8.06. The first-order valence-corrected chi connectivity index (χ1v) is 4.85. The quantitative estimate of drug-likeness (QED) is 0.776. The SMILES string of the molecule is N[C@@H]1COC[C@@H]1OCc1ccccc1. The molecule has 0 spiro atoms. The average molecular weight is 193 g/mol. The van der Waals surface area contributed by atoms with E-state index in [2.05, 4.69) is 0 Å². The Balaban J connectivity index is 1.82. The summed E-state index contributed by atoms with van der Waals surface area (Å²) in [5.41, 5.74) is 6.97. The van der Waals surface area contributed by atoms with Gasteiger partial charge in [0.25, 0.3) is 0 Å². The Morgan fingerprint density at radius 1 is 1.29 bits per heavy atom. The molecule has 1 aromatic rings. The van der Waals surface area contributed by atoms with Gasteiger partial charge in [0.1, 0.15) is 0 Å². The summed E-state index contributed by atoms with van der Waals surface area (Å²) in [5.74, 6) is 0. The van der Waals surface area contributed by atoms with Gasteiger partial charge in [0, 0.05) is 0 Å². The normalized spacial score (nSPS) is 26.6. The van der Waals surface area contributed by atoms with E-state index in [1.165, 1.54) is 5.56 Å². The summed E-state index contributed by atoms with van der Waals surface area (Å²) < 4.78 is 10.9. The van der Waals surface area contributed by atoms with Gasteiger partial charge in [0.15, 0.2) is 0 Å². The lowest BCUT2D eigenvalue weighted by Gasteiger charge is -2.14. The van der Waals surface area contributed by atoms with Crippen LogP contribution in [0.5, 0.6) is 0 Å². The standard InChI is InChI=1S/C11H15NO2/c12-10-7-13-8-11(10)14-6-9-4-2-1-3-5-9/h1-5,10-11H,6-8,12H2/t10-,11+/m1/s1. The van der Waals surface area contributed by atoms with E-state index in [-0.39, 0.29) is 12.1 Å². The zero-order chi connectivity index (χ0) is 9.80. The number of nitrogens with two attached hydrogens (primary N) is 1. The van der Waals surface area contributed by atoms with Crippen LogP contribution in [0.2, 0.25) is 0 Å². The van der Waals surface area contributed by atoms with Crippen LogP contribution in [0, 0.1) is 0 Å². The maximum Gasteiger partial charge on any atom is 0.0985 e. The molecule has 2 atom stereocenters. The van der Waals surface area contributed by atoms with Gasteiger partial charge >= 0.3 is 0 Å². The first-order chi connectivity index (χ1) is 6.86. The molecular weight excluding hydrogens is 178 g/mol. The van der Waals surface area contributed by atoms with Crippen LogP contribution in [0.1, 0.15) is 5.56 Å². The molecule has 1 saturated heterocycles. The Morgan fingerprint density at radius 2 is 2.07 bits per heavy atom. The predicted octanol–water partition coefficient (Wildman–Crippen LogP) is 0.929. The van der Waals surface area contributed by atoms with Gasteiger partial charge in [-0.3, -0.25) is 0 Å². The van der Waals surface area contributed by atoms with Crippen LogP contribution < -0.4 is 5.73 Å². The fourth-order valence-corrected chi connectivity index (χ4v) is 1.50. The Hall–Kier alpha value is -0.900. The minimum atomic E-state index is 0.0266. The summed E-state index contributed by atoms with van der Waals surface area (Å²) in [6.45, 7) is 1.84. The fourth-order valence-electron chi connectivity index (χ4n) is 1.50. The van der Waals surface area contributed by atoms with E-state index in [4.69, 9.17) is 15.2 Å². The lowest BCUT2D eigenvalue weighted by atomic mass is 10.2. The molecule has 1 fully saturated rings. The molecule has 0 bridgehead atoms. The summed E-state index contributed by atoms with van der Waals surface area (Å²) in [4.78, 5) is 0. The lowest BCUT2D eigenvalue weighted by molar-refractivity contribution is 0.0265. The third kappa shape index (κ3) is 2.32. The van der Waals surface area contributed by atoms with Crippen LogP contribution >= 0.6 is 0 Å². The Bertz CT molecular complexity index is 276. The number of hydrogen-bond donors (Lipinski definition) is 1. The fraction of sp³-hybridized carbons (Fsp3) is 0.455. The molecule has 2 N–H and O–H groups in total. The second kappa shape index (κ2) is 4.55. The second-order valence-electron chi connectivity index (χ2n) is 3.54. The molecular formula is C11H15NO2. The van der Waals surface area contributed by atoms with E-state index in [0.717, 1.165) is 0 Å².